The number of ether oxygens (including phenoxy) is 2. The normalized spacial score (nSPS) is 10.5. The SMILES string of the molecule is CCOc1cc(/C=C(/C#N)C(=O)Nc2cccc(C(=O)O)c2)ccc1OCc1ccccc1C#N. The van der Waals surface area contributed by atoms with Gasteiger partial charge in [0.1, 0.15) is 18.2 Å². The van der Waals surface area contributed by atoms with Crippen molar-refractivity contribution in [3.8, 4) is 23.6 Å². The fourth-order valence-electron chi connectivity index (χ4n) is 3.16. The van der Waals surface area contributed by atoms with Crippen molar-refractivity contribution >= 4 is 23.6 Å². The fourth-order valence-corrected chi connectivity index (χ4v) is 3.16. The molecule has 35 heavy (non-hydrogen) atoms. The van der Waals surface area contributed by atoms with Gasteiger partial charge in [0.05, 0.1) is 23.8 Å². The maximum atomic E-state index is 12.6. The topological polar surface area (TPSA) is 132 Å². The summed E-state index contributed by atoms with van der Waals surface area (Å²) in [7, 11) is 0. The molecule has 8 heteroatoms. The van der Waals surface area contributed by atoms with E-state index in [9.17, 15) is 20.1 Å². The van der Waals surface area contributed by atoms with Gasteiger partial charge in [-0.3, -0.25) is 4.79 Å². The summed E-state index contributed by atoms with van der Waals surface area (Å²) < 4.78 is 11.5. The van der Waals surface area contributed by atoms with Gasteiger partial charge in [-0.1, -0.05) is 30.3 Å². The molecule has 3 rings (SSSR count). The number of amides is 1. The Balaban J connectivity index is 1.80. The Hall–Kier alpha value is -5.08. The van der Waals surface area contributed by atoms with E-state index in [4.69, 9.17) is 14.6 Å². The molecule has 2 N–H and O–H groups in total. The van der Waals surface area contributed by atoms with E-state index >= 15 is 0 Å². The van der Waals surface area contributed by atoms with Crippen molar-refractivity contribution in [2.45, 2.75) is 13.5 Å². The van der Waals surface area contributed by atoms with Gasteiger partial charge in [0, 0.05) is 11.3 Å². The minimum Gasteiger partial charge on any atom is -0.490 e. The Labute approximate surface area is 202 Å². The summed E-state index contributed by atoms with van der Waals surface area (Å²) in [6.07, 6.45) is 1.40. The first-order valence-electron chi connectivity index (χ1n) is 10.6. The van der Waals surface area contributed by atoms with Crippen molar-refractivity contribution in [3.63, 3.8) is 0 Å². The molecule has 0 aromatic heterocycles. The van der Waals surface area contributed by atoms with E-state index in [2.05, 4.69) is 11.4 Å². The molecule has 0 atom stereocenters. The summed E-state index contributed by atoms with van der Waals surface area (Å²) in [6, 6.07) is 21.8. The zero-order valence-electron chi connectivity index (χ0n) is 18.8. The second kappa shape index (κ2) is 11.7. The number of hydrogen-bond acceptors (Lipinski definition) is 6. The maximum absolute atomic E-state index is 12.6. The van der Waals surface area contributed by atoms with Crippen LogP contribution < -0.4 is 14.8 Å². The van der Waals surface area contributed by atoms with Crippen molar-refractivity contribution in [1.82, 2.24) is 0 Å². The van der Waals surface area contributed by atoms with Crippen LogP contribution in [0.15, 0.2) is 72.3 Å². The minimum absolute atomic E-state index is 0.0135. The van der Waals surface area contributed by atoms with Gasteiger partial charge in [-0.15, -0.1) is 0 Å². The van der Waals surface area contributed by atoms with Gasteiger partial charge < -0.3 is 19.9 Å². The molecule has 1 amide bonds. The highest BCUT2D eigenvalue weighted by Crippen LogP contribution is 2.30. The second-order valence-electron chi connectivity index (χ2n) is 7.21. The standard InChI is InChI=1S/C27H21N3O5/c1-2-34-25-13-18(10-11-24(25)35-17-21-7-4-3-6-20(21)15-28)12-22(16-29)26(31)30-23-9-5-8-19(14-23)27(32)33/h3-14H,2,17H2,1H3,(H,30,31)(H,32,33)/b22-12-. The quantitative estimate of drug-likeness (QED) is 0.342. The van der Waals surface area contributed by atoms with Crippen molar-refractivity contribution in [3.05, 3.63) is 94.6 Å². The summed E-state index contributed by atoms with van der Waals surface area (Å²) >= 11 is 0. The molecule has 0 saturated heterocycles. The summed E-state index contributed by atoms with van der Waals surface area (Å²) in [5.41, 5.74) is 1.88. The molecule has 0 bridgehead atoms. The first kappa shape index (κ1) is 24.6. The largest absolute Gasteiger partial charge is 0.490 e. The van der Waals surface area contributed by atoms with E-state index in [0.717, 1.165) is 5.56 Å². The Kier molecular flexibility index (Phi) is 8.20. The van der Waals surface area contributed by atoms with Gasteiger partial charge in [-0.05, 0) is 55.0 Å². The number of aromatic carboxylic acids is 1. The molecule has 0 spiro atoms. The molecular formula is C27H21N3O5. The first-order chi connectivity index (χ1) is 16.9. The number of benzene rings is 3. The van der Waals surface area contributed by atoms with Gasteiger partial charge in [0.25, 0.3) is 5.91 Å². The van der Waals surface area contributed by atoms with Crippen LogP contribution in [0.25, 0.3) is 6.08 Å². The highest BCUT2D eigenvalue weighted by atomic mass is 16.5. The van der Waals surface area contributed by atoms with Crippen molar-refractivity contribution in [2.75, 3.05) is 11.9 Å². The van der Waals surface area contributed by atoms with Crippen LogP contribution in [0.2, 0.25) is 0 Å². The van der Waals surface area contributed by atoms with Gasteiger partial charge in [0.2, 0.25) is 0 Å². The second-order valence-corrected chi connectivity index (χ2v) is 7.21. The third kappa shape index (κ3) is 6.47. The molecule has 3 aromatic carbocycles. The maximum Gasteiger partial charge on any atom is 0.335 e. The minimum atomic E-state index is -1.13. The van der Waals surface area contributed by atoms with Crippen LogP contribution in [0.1, 0.15) is 34.0 Å². The number of carboxylic acid groups (broad SMARTS) is 1. The summed E-state index contributed by atoms with van der Waals surface area (Å²) in [4.78, 5) is 23.7. The number of nitrogens with one attached hydrogen (secondary N) is 1. The predicted octanol–water partition coefficient (Wildman–Crippen LogP) is 4.78. The van der Waals surface area contributed by atoms with Crippen LogP contribution in [0.5, 0.6) is 11.5 Å². The van der Waals surface area contributed by atoms with E-state index in [1.54, 1.807) is 36.4 Å². The number of carbonyl (C=O) groups excluding carboxylic acids is 1. The summed E-state index contributed by atoms with van der Waals surface area (Å²) in [5.74, 6) is -0.937. The zero-order chi connectivity index (χ0) is 25.2. The smallest absolute Gasteiger partial charge is 0.335 e. The van der Waals surface area contributed by atoms with Gasteiger partial charge in [-0.2, -0.15) is 10.5 Å². The van der Waals surface area contributed by atoms with Crippen molar-refractivity contribution < 1.29 is 24.2 Å². The summed E-state index contributed by atoms with van der Waals surface area (Å²) in [5, 5.41) is 30.4. The number of nitriles is 2. The molecule has 8 nitrogen and oxygen atoms in total. The molecule has 0 aliphatic rings. The number of anilines is 1. The molecule has 0 aliphatic carbocycles. The Morgan fingerprint density at radius 1 is 1.00 bits per heavy atom. The number of nitrogens with zero attached hydrogens (tertiary/aromatic N) is 2. The van der Waals surface area contributed by atoms with Crippen molar-refractivity contribution in [1.29, 1.82) is 10.5 Å². The van der Waals surface area contributed by atoms with E-state index in [-0.39, 0.29) is 23.4 Å². The van der Waals surface area contributed by atoms with Crippen LogP contribution in [0.3, 0.4) is 0 Å². The highest BCUT2D eigenvalue weighted by Gasteiger charge is 2.13. The average Bonchev–Trinajstić information content (AvgIpc) is 2.87. The average molecular weight is 467 g/mol. The monoisotopic (exact) mass is 467 g/mol. The lowest BCUT2D eigenvalue weighted by molar-refractivity contribution is -0.112. The molecule has 3 aromatic rings. The lowest BCUT2D eigenvalue weighted by Crippen LogP contribution is -2.14. The van der Waals surface area contributed by atoms with Crippen LogP contribution >= 0.6 is 0 Å². The molecule has 0 unspecified atom stereocenters. The number of carboxylic acids is 1. The zero-order valence-corrected chi connectivity index (χ0v) is 18.8. The third-order valence-electron chi connectivity index (χ3n) is 4.83. The third-order valence-corrected chi connectivity index (χ3v) is 4.83. The van der Waals surface area contributed by atoms with E-state index in [0.29, 0.717) is 29.2 Å². The highest BCUT2D eigenvalue weighted by molar-refractivity contribution is 6.10. The first-order valence-corrected chi connectivity index (χ1v) is 10.6. The lowest BCUT2D eigenvalue weighted by Gasteiger charge is -2.13. The molecule has 0 aliphatic heterocycles. The Bertz CT molecular complexity index is 1370. The van der Waals surface area contributed by atoms with E-state index in [1.807, 2.05) is 19.1 Å². The van der Waals surface area contributed by atoms with Gasteiger partial charge in [0.15, 0.2) is 11.5 Å². The molecule has 0 heterocycles. The van der Waals surface area contributed by atoms with Gasteiger partial charge >= 0.3 is 5.97 Å². The fraction of sp³-hybridized carbons (Fsp3) is 0.111. The lowest BCUT2D eigenvalue weighted by atomic mass is 10.1. The van der Waals surface area contributed by atoms with E-state index < -0.39 is 11.9 Å². The van der Waals surface area contributed by atoms with Crippen LogP contribution in [0, 0.1) is 22.7 Å². The number of hydrogen-bond donors (Lipinski definition) is 2. The van der Waals surface area contributed by atoms with Crippen LogP contribution in [-0.4, -0.2) is 23.6 Å². The molecule has 0 saturated carbocycles. The number of rotatable bonds is 9. The predicted molar refractivity (Wildman–Crippen MR) is 129 cm³/mol. The summed E-state index contributed by atoms with van der Waals surface area (Å²) in [6.45, 7) is 2.35. The molecule has 0 radical (unpaired) electrons. The Morgan fingerprint density at radius 3 is 2.51 bits per heavy atom. The number of carbonyl (C=O) groups is 2. The van der Waals surface area contributed by atoms with E-state index in [1.165, 1.54) is 30.3 Å². The Morgan fingerprint density at radius 2 is 1.80 bits per heavy atom. The van der Waals surface area contributed by atoms with Crippen LogP contribution in [0.4, 0.5) is 5.69 Å². The van der Waals surface area contributed by atoms with Crippen LogP contribution in [-0.2, 0) is 11.4 Å². The molecule has 0 fully saturated rings. The van der Waals surface area contributed by atoms with Crippen molar-refractivity contribution in [2.24, 2.45) is 0 Å². The molecule has 174 valence electrons. The van der Waals surface area contributed by atoms with Gasteiger partial charge in [-0.25, -0.2) is 4.79 Å². The molecular weight excluding hydrogens is 446 g/mol.